The van der Waals surface area contributed by atoms with Crippen LogP contribution in [0.4, 0.5) is 4.39 Å². The molecule has 2 rings (SSSR count). The summed E-state index contributed by atoms with van der Waals surface area (Å²) in [4.78, 5) is 5.21. The van der Waals surface area contributed by atoms with Gasteiger partial charge in [0.2, 0.25) is 0 Å². The first-order chi connectivity index (χ1) is 9.72. The average molecular weight is 292 g/mol. The smallest absolute Gasteiger partial charge is 0.137 e. The summed E-state index contributed by atoms with van der Waals surface area (Å²) in [7, 11) is 3.54. The number of thioether (sulfide) groups is 1. The van der Waals surface area contributed by atoms with Crippen LogP contribution < -0.4 is 10.1 Å². The Bertz CT molecular complexity index is 548. The van der Waals surface area contributed by atoms with Crippen LogP contribution in [0.2, 0.25) is 0 Å². The second-order valence-electron chi connectivity index (χ2n) is 4.26. The predicted octanol–water partition coefficient (Wildman–Crippen LogP) is 3.28. The topological polar surface area (TPSA) is 34.2 Å². The van der Waals surface area contributed by atoms with Gasteiger partial charge in [-0.05, 0) is 42.9 Å². The van der Waals surface area contributed by atoms with E-state index < -0.39 is 0 Å². The molecule has 3 nitrogen and oxygen atoms in total. The molecule has 1 unspecified atom stereocenters. The van der Waals surface area contributed by atoms with Gasteiger partial charge in [-0.15, -0.1) is 11.8 Å². The zero-order valence-corrected chi connectivity index (χ0v) is 12.3. The Balaban J connectivity index is 2.03. The van der Waals surface area contributed by atoms with E-state index in [0.717, 1.165) is 22.0 Å². The van der Waals surface area contributed by atoms with Crippen LogP contribution >= 0.6 is 11.8 Å². The van der Waals surface area contributed by atoms with Crippen molar-refractivity contribution in [2.24, 2.45) is 0 Å². The number of pyridine rings is 1. The summed E-state index contributed by atoms with van der Waals surface area (Å²) in [5.74, 6) is 1.36. The van der Waals surface area contributed by atoms with Crippen molar-refractivity contribution in [3.63, 3.8) is 0 Å². The largest absolute Gasteiger partial charge is 0.495 e. The first-order valence-electron chi connectivity index (χ1n) is 6.27. The Morgan fingerprint density at radius 3 is 2.70 bits per heavy atom. The molecule has 1 aromatic heterocycles. The maximum Gasteiger partial charge on any atom is 0.137 e. The van der Waals surface area contributed by atoms with Gasteiger partial charge in [-0.3, -0.25) is 4.98 Å². The third kappa shape index (κ3) is 3.95. The van der Waals surface area contributed by atoms with Crippen LogP contribution in [0.5, 0.6) is 5.75 Å². The van der Waals surface area contributed by atoms with Gasteiger partial charge in [0.25, 0.3) is 0 Å². The molecule has 0 saturated carbocycles. The fraction of sp³-hybridized carbons (Fsp3) is 0.267. The van der Waals surface area contributed by atoms with Crippen molar-refractivity contribution in [1.82, 2.24) is 10.3 Å². The van der Waals surface area contributed by atoms with E-state index in [1.165, 1.54) is 12.1 Å². The minimum atomic E-state index is -0.212. The first kappa shape index (κ1) is 14.8. The molecule has 1 atom stereocenters. The highest BCUT2D eigenvalue weighted by atomic mass is 32.2. The predicted molar refractivity (Wildman–Crippen MR) is 79.7 cm³/mol. The number of hydrogen-bond acceptors (Lipinski definition) is 4. The minimum absolute atomic E-state index is 0.160. The molecule has 0 radical (unpaired) electrons. The van der Waals surface area contributed by atoms with Crippen molar-refractivity contribution in [3.05, 3.63) is 54.1 Å². The fourth-order valence-corrected chi connectivity index (χ4v) is 2.84. The molecule has 1 aromatic carbocycles. The van der Waals surface area contributed by atoms with Gasteiger partial charge in [0, 0.05) is 22.9 Å². The maximum absolute atomic E-state index is 12.9. The Morgan fingerprint density at radius 1 is 1.30 bits per heavy atom. The molecule has 20 heavy (non-hydrogen) atoms. The Hall–Kier alpha value is -1.59. The number of ether oxygens (including phenoxy) is 1. The third-order valence-corrected chi connectivity index (χ3v) is 4.06. The Kier molecular flexibility index (Phi) is 5.38. The molecular weight excluding hydrogens is 275 g/mol. The highest BCUT2D eigenvalue weighted by molar-refractivity contribution is 7.99. The zero-order chi connectivity index (χ0) is 14.4. The molecule has 0 aliphatic heterocycles. The van der Waals surface area contributed by atoms with Crippen LogP contribution in [0.1, 0.15) is 11.6 Å². The highest BCUT2D eigenvalue weighted by Crippen LogP contribution is 2.26. The van der Waals surface area contributed by atoms with Crippen LogP contribution in [0.15, 0.2) is 47.6 Å². The van der Waals surface area contributed by atoms with Gasteiger partial charge >= 0.3 is 0 Å². The summed E-state index contributed by atoms with van der Waals surface area (Å²) < 4.78 is 18.0. The summed E-state index contributed by atoms with van der Waals surface area (Å²) >= 11 is 1.67. The number of nitrogens with zero attached hydrogens (tertiary/aromatic N) is 1. The van der Waals surface area contributed by atoms with Crippen molar-refractivity contribution in [2.75, 3.05) is 19.9 Å². The molecule has 0 spiro atoms. The molecule has 2 aromatic rings. The molecule has 106 valence electrons. The number of hydrogen-bond donors (Lipinski definition) is 1. The Morgan fingerprint density at radius 2 is 2.05 bits per heavy atom. The lowest BCUT2D eigenvalue weighted by atomic mass is 10.1. The second-order valence-corrected chi connectivity index (χ2v) is 5.36. The van der Waals surface area contributed by atoms with Crippen molar-refractivity contribution in [1.29, 1.82) is 0 Å². The highest BCUT2D eigenvalue weighted by Gasteiger charge is 2.11. The molecule has 0 bridgehead atoms. The van der Waals surface area contributed by atoms with Crippen molar-refractivity contribution in [2.45, 2.75) is 10.9 Å². The van der Waals surface area contributed by atoms with Gasteiger partial charge in [0.15, 0.2) is 0 Å². The number of aromatic nitrogens is 1. The van der Waals surface area contributed by atoms with Gasteiger partial charge in [-0.1, -0.05) is 0 Å². The number of halogens is 1. The summed E-state index contributed by atoms with van der Waals surface area (Å²) in [5, 5.41) is 3.26. The Labute approximate surface area is 122 Å². The van der Waals surface area contributed by atoms with E-state index >= 15 is 0 Å². The SMILES string of the molecule is CNC(CSc1ccc(F)cc1)c1cncc(OC)c1. The van der Waals surface area contributed by atoms with Gasteiger partial charge in [-0.2, -0.15) is 0 Å². The lowest BCUT2D eigenvalue weighted by Crippen LogP contribution is -2.18. The zero-order valence-electron chi connectivity index (χ0n) is 11.5. The quantitative estimate of drug-likeness (QED) is 0.829. The van der Waals surface area contributed by atoms with Crippen LogP contribution in [-0.4, -0.2) is 24.9 Å². The van der Waals surface area contributed by atoms with Crippen LogP contribution in [0.3, 0.4) is 0 Å². The molecule has 0 amide bonds. The average Bonchev–Trinajstić information content (AvgIpc) is 2.50. The molecule has 1 heterocycles. The lowest BCUT2D eigenvalue weighted by molar-refractivity contribution is 0.411. The maximum atomic E-state index is 12.9. The van der Waals surface area contributed by atoms with E-state index in [9.17, 15) is 4.39 Å². The molecule has 5 heteroatoms. The van der Waals surface area contributed by atoms with Crippen LogP contribution in [0.25, 0.3) is 0 Å². The van der Waals surface area contributed by atoms with E-state index in [0.29, 0.717) is 0 Å². The molecule has 0 aliphatic carbocycles. The van der Waals surface area contributed by atoms with E-state index in [1.54, 1.807) is 37.2 Å². The number of rotatable bonds is 6. The lowest BCUT2D eigenvalue weighted by Gasteiger charge is -2.16. The van der Waals surface area contributed by atoms with Crippen molar-refractivity contribution < 1.29 is 9.13 Å². The van der Waals surface area contributed by atoms with E-state index in [2.05, 4.69) is 10.3 Å². The fourth-order valence-electron chi connectivity index (χ4n) is 1.79. The standard InChI is InChI=1S/C15H17FN2OS/c1-17-15(11-7-13(19-2)9-18-8-11)10-20-14-5-3-12(16)4-6-14/h3-9,15,17H,10H2,1-2H3. The second kappa shape index (κ2) is 7.26. The summed E-state index contributed by atoms with van der Waals surface area (Å²) in [6.45, 7) is 0. The molecule has 0 fully saturated rings. The summed E-state index contributed by atoms with van der Waals surface area (Å²) in [6, 6.07) is 8.66. The van der Waals surface area contributed by atoms with Crippen LogP contribution in [-0.2, 0) is 0 Å². The number of benzene rings is 1. The minimum Gasteiger partial charge on any atom is -0.495 e. The monoisotopic (exact) mass is 292 g/mol. The normalized spacial score (nSPS) is 12.2. The van der Waals surface area contributed by atoms with E-state index in [-0.39, 0.29) is 11.9 Å². The van der Waals surface area contributed by atoms with Crippen molar-refractivity contribution >= 4 is 11.8 Å². The molecule has 0 aliphatic rings. The summed E-state index contributed by atoms with van der Waals surface area (Å²) in [5.41, 5.74) is 1.07. The number of methoxy groups -OCH3 is 1. The van der Waals surface area contributed by atoms with Gasteiger partial charge in [-0.25, -0.2) is 4.39 Å². The molecule has 1 N–H and O–H groups in total. The van der Waals surface area contributed by atoms with Crippen LogP contribution in [0, 0.1) is 5.82 Å². The summed E-state index contributed by atoms with van der Waals surface area (Å²) in [6.07, 6.45) is 3.51. The molecule has 0 saturated heterocycles. The van der Waals surface area contributed by atoms with Gasteiger partial charge in [0.1, 0.15) is 11.6 Å². The van der Waals surface area contributed by atoms with Gasteiger partial charge in [0.05, 0.1) is 13.3 Å². The molecular formula is C15H17FN2OS. The van der Waals surface area contributed by atoms with E-state index in [1.807, 2.05) is 19.3 Å². The van der Waals surface area contributed by atoms with E-state index in [4.69, 9.17) is 4.74 Å². The first-order valence-corrected chi connectivity index (χ1v) is 7.26. The van der Waals surface area contributed by atoms with Gasteiger partial charge < -0.3 is 10.1 Å². The van der Waals surface area contributed by atoms with Crippen molar-refractivity contribution in [3.8, 4) is 5.75 Å². The number of nitrogens with one attached hydrogen (secondary N) is 1. The third-order valence-electron chi connectivity index (χ3n) is 2.95.